The minimum absolute atomic E-state index is 0.0976. The molecule has 0 aliphatic carbocycles. The normalized spacial score (nSPS) is 12.0. The van der Waals surface area contributed by atoms with Crippen LogP contribution in [-0.4, -0.2) is 14.6 Å². The van der Waals surface area contributed by atoms with E-state index < -0.39 is 17.3 Å². The number of rotatable bonds is 10. The van der Waals surface area contributed by atoms with E-state index >= 15 is 0 Å². The van der Waals surface area contributed by atoms with Gasteiger partial charge in [0.25, 0.3) is 0 Å². The zero-order valence-corrected chi connectivity index (χ0v) is 24.6. The first-order chi connectivity index (χ1) is 21.8. The summed E-state index contributed by atoms with van der Waals surface area (Å²) in [7, 11) is 0. The van der Waals surface area contributed by atoms with Crippen LogP contribution in [0.5, 0.6) is 0 Å². The number of alkyl halides is 3. The van der Waals surface area contributed by atoms with Crippen molar-refractivity contribution in [1.82, 2.24) is 9.47 Å². The Bertz CT molecular complexity index is 1740. The van der Waals surface area contributed by atoms with Crippen molar-refractivity contribution < 1.29 is 18.3 Å². The summed E-state index contributed by atoms with van der Waals surface area (Å²) in [6.45, 7) is 1.58. The van der Waals surface area contributed by atoms with Gasteiger partial charge >= 0.3 is 6.18 Å². The van der Waals surface area contributed by atoms with Gasteiger partial charge in [-0.05, 0) is 40.5 Å². The van der Waals surface area contributed by atoms with Gasteiger partial charge in [0.15, 0.2) is 0 Å². The van der Waals surface area contributed by atoms with Crippen LogP contribution in [0.1, 0.15) is 39.1 Å². The molecule has 0 atom stereocenters. The van der Waals surface area contributed by atoms with Crippen molar-refractivity contribution in [3.05, 3.63) is 197 Å². The summed E-state index contributed by atoms with van der Waals surface area (Å²) in [5, 5.41) is 12.7. The first-order valence-electron chi connectivity index (χ1n) is 14.8. The molecule has 1 aromatic heterocycles. The number of hydrogen-bond donors (Lipinski definition) is 1. The fraction of sp³-hybridized carbons (Fsp3) is 0.128. The first kappa shape index (κ1) is 30.1. The molecule has 0 amide bonds. The van der Waals surface area contributed by atoms with Gasteiger partial charge in [0.1, 0.15) is 5.60 Å². The van der Waals surface area contributed by atoms with Gasteiger partial charge in [0.2, 0.25) is 0 Å². The monoisotopic (exact) mass is 602 g/mol. The lowest BCUT2D eigenvalue weighted by molar-refractivity contribution is -0.137. The number of aliphatic hydroxyl groups is 1. The highest BCUT2D eigenvalue weighted by Gasteiger charge is 2.42. The molecule has 0 aliphatic rings. The van der Waals surface area contributed by atoms with E-state index in [2.05, 4.69) is 4.90 Å². The van der Waals surface area contributed by atoms with E-state index in [4.69, 9.17) is 0 Å². The Morgan fingerprint density at radius 1 is 0.511 bits per heavy atom. The molecule has 5 aromatic carbocycles. The zero-order valence-electron chi connectivity index (χ0n) is 24.6. The van der Waals surface area contributed by atoms with Gasteiger partial charge in [0.05, 0.1) is 11.3 Å². The number of nitrogens with zero attached hydrogens (tertiary/aromatic N) is 2. The van der Waals surface area contributed by atoms with E-state index in [1.807, 2.05) is 78.9 Å². The smallest absolute Gasteiger partial charge is 0.376 e. The predicted octanol–water partition coefficient (Wildman–Crippen LogP) is 8.98. The fourth-order valence-electron chi connectivity index (χ4n) is 6.00. The van der Waals surface area contributed by atoms with Gasteiger partial charge in [-0.3, -0.25) is 4.90 Å². The van der Waals surface area contributed by atoms with Crippen LogP contribution in [-0.2, 0) is 31.4 Å². The van der Waals surface area contributed by atoms with Crippen LogP contribution in [0.2, 0.25) is 0 Å². The standard InChI is InChI=1S/C39H33F3N2O/c40-39(41,42)36-25-13-24-35(38(45,32-19-9-3-10-20-32)33-21-11-4-12-22-33)37(36)44-26-14-23-34(44)29-43(27-30-15-5-1-6-16-30)28-31-17-7-2-8-18-31/h1-26,45H,27-29H2. The molecule has 0 aliphatic heterocycles. The van der Waals surface area contributed by atoms with Crippen molar-refractivity contribution in [3.8, 4) is 5.69 Å². The molecular formula is C39H33F3N2O. The molecule has 6 heteroatoms. The van der Waals surface area contributed by atoms with Crippen LogP contribution >= 0.6 is 0 Å². The van der Waals surface area contributed by atoms with E-state index in [-0.39, 0.29) is 11.3 Å². The highest BCUT2D eigenvalue weighted by atomic mass is 19.4. The van der Waals surface area contributed by atoms with Crippen LogP contribution in [0.4, 0.5) is 13.2 Å². The lowest BCUT2D eigenvalue weighted by atomic mass is 9.78. The summed E-state index contributed by atoms with van der Waals surface area (Å²) in [5.74, 6) is 0. The Hall–Kier alpha value is -4.91. The zero-order chi connectivity index (χ0) is 31.3. The topological polar surface area (TPSA) is 28.4 Å². The molecule has 6 aromatic rings. The highest BCUT2D eigenvalue weighted by molar-refractivity contribution is 5.60. The largest absolute Gasteiger partial charge is 0.418 e. The number of halogens is 3. The Labute approximate surface area is 261 Å². The molecule has 226 valence electrons. The average molecular weight is 603 g/mol. The predicted molar refractivity (Wildman–Crippen MR) is 172 cm³/mol. The second-order valence-corrected chi connectivity index (χ2v) is 11.1. The van der Waals surface area contributed by atoms with E-state index in [0.717, 1.165) is 17.2 Å². The summed E-state index contributed by atoms with van der Waals surface area (Å²) >= 11 is 0. The molecule has 1 heterocycles. The van der Waals surface area contributed by atoms with Crippen LogP contribution in [0.25, 0.3) is 5.69 Å². The van der Waals surface area contributed by atoms with Crippen molar-refractivity contribution in [1.29, 1.82) is 0 Å². The molecule has 1 N–H and O–H groups in total. The van der Waals surface area contributed by atoms with E-state index in [1.165, 1.54) is 6.07 Å². The van der Waals surface area contributed by atoms with Gasteiger partial charge < -0.3 is 9.67 Å². The van der Waals surface area contributed by atoms with Crippen molar-refractivity contribution in [2.45, 2.75) is 31.4 Å². The van der Waals surface area contributed by atoms with Gasteiger partial charge in [-0.15, -0.1) is 0 Å². The summed E-state index contributed by atoms with van der Waals surface area (Å²) in [6, 6.07) is 45.5. The van der Waals surface area contributed by atoms with E-state index in [0.29, 0.717) is 36.5 Å². The molecule has 0 saturated heterocycles. The van der Waals surface area contributed by atoms with Crippen molar-refractivity contribution in [3.63, 3.8) is 0 Å². The van der Waals surface area contributed by atoms with Crippen LogP contribution in [0.3, 0.4) is 0 Å². The summed E-state index contributed by atoms with van der Waals surface area (Å²) in [5.41, 5.74) is 1.18. The SMILES string of the molecule is OC(c1ccccc1)(c1ccccc1)c1cccc(C(F)(F)F)c1-n1cccc1CN(Cc1ccccc1)Cc1ccccc1. The molecule has 0 fully saturated rings. The number of benzene rings is 5. The van der Waals surface area contributed by atoms with Crippen molar-refractivity contribution in [2.24, 2.45) is 0 Å². The third kappa shape index (κ3) is 6.48. The number of hydrogen-bond acceptors (Lipinski definition) is 2. The van der Waals surface area contributed by atoms with Gasteiger partial charge in [0, 0.05) is 37.1 Å². The Kier molecular flexibility index (Phi) is 8.69. The molecule has 6 rings (SSSR count). The summed E-state index contributed by atoms with van der Waals surface area (Å²) in [4.78, 5) is 2.22. The second kappa shape index (κ2) is 13.0. The molecule has 3 nitrogen and oxygen atoms in total. The number of para-hydroxylation sites is 1. The van der Waals surface area contributed by atoms with E-state index in [9.17, 15) is 18.3 Å². The Morgan fingerprint density at radius 2 is 0.978 bits per heavy atom. The van der Waals surface area contributed by atoms with Crippen molar-refractivity contribution >= 4 is 0 Å². The number of aromatic nitrogens is 1. The maximum absolute atomic E-state index is 14.9. The molecule has 45 heavy (non-hydrogen) atoms. The minimum Gasteiger partial charge on any atom is -0.376 e. The van der Waals surface area contributed by atoms with Crippen LogP contribution in [0, 0.1) is 0 Å². The van der Waals surface area contributed by atoms with Gasteiger partial charge in [-0.1, -0.05) is 133 Å². The molecule has 0 unspecified atom stereocenters. The average Bonchev–Trinajstić information content (AvgIpc) is 3.53. The van der Waals surface area contributed by atoms with Crippen molar-refractivity contribution in [2.75, 3.05) is 0 Å². The fourth-order valence-corrected chi connectivity index (χ4v) is 6.00. The second-order valence-electron chi connectivity index (χ2n) is 11.1. The van der Waals surface area contributed by atoms with Crippen LogP contribution in [0.15, 0.2) is 158 Å². The Balaban J connectivity index is 1.51. The van der Waals surface area contributed by atoms with Crippen LogP contribution < -0.4 is 0 Å². The summed E-state index contributed by atoms with van der Waals surface area (Å²) in [6.07, 6.45) is -3.02. The third-order valence-corrected chi connectivity index (χ3v) is 8.07. The molecule has 0 spiro atoms. The van der Waals surface area contributed by atoms with E-state index in [1.54, 1.807) is 71.4 Å². The highest BCUT2D eigenvalue weighted by Crippen LogP contribution is 2.44. The quantitative estimate of drug-likeness (QED) is 0.159. The van der Waals surface area contributed by atoms with Gasteiger partial charge in [-0.2, -0.15) is 13.2 Å². The summed E-state index contributed by atoms with van der Waals surface area (Å²) < 4.78 is 46.2. The van der Waals surface area contributed by atoms with Gasteiger partial charge in [-0.25, -0.2) is 0 Å². The maximum atomic E-state index is 14.9. The third-order valence-electron chi connectivity index (χ3n) is 8.07. The molecular weight excluding hydrogens is 569 g/mol. The minimum atomic E-state index is -4.67. The molecule has 0 bridgehead atoms. The first-order valence-corrected chi connectivity index (χ1v) is 14.8. The maximum Gasteiger partial charge on any atom is 0.418 e. The Morgan fingerprint density at radius 3 is 1.47 bits per heavy atom. The lowest BCUT2D eigenvalue weighted by Gasteiger charge is -2.34. The molecule has 0 radical (unpaired) electrons. The molecule has 0 saturated carbocycles. The lowest BCUT2D eigenvalue weighted by Crippen LogP contribution is -2.32.